The molecule has 0 bridgehead atoms. The molecule has 2 aromatic rings. The molecule has 0 fully saturated rings. The molecule has 0 unspecified atom stereocenters. The first kappa shape index (κ1) is 15.4. The zero-order valence-corrected chi connectivity index (χ0v) is 12.6. The van der Waals surface area contributed by atoms with Gasteiger partial charge in [0.2, 0.25) is 5.95 Å². The van der Waals surface area contributed by atoms with Crippen LogP contribution in [0.15, 0.2) is 18.2 Å². The van der Waals surface area contributed by atoms with Crippen molar-refractivity contribution in [1.82, 2.24) is 15.0 Å². The van der Waals surface area contributed by atoms with Crippen LogP contribution >= 0.6 is 11.6 Å². The lowest BCUT2D eigenvalue weighted by Gasteiger charge is -2.08. The average Bonchev–Trinajstić information content (AvgIpc) is 2.48. The van der Waals surface area contributed by atoms with Crippen LogP contribution in [0.2, 0.25) is 5.02 Å². The number of hydrogen-bond acceptors (Lipinski definition) is 5. The maximum Gasteiger partial charge on any atom is 0.321 e. The quantitative estimate of drug-likeness (QED) is 0.884. The smallest absolute Gasteiger partial charge is 0.321 e. The Morgan fingerprint density at radius 3 is 2.71 bits per heavy atom. The largest absolute Gasteiger partial charge is 0.463 e. The van der Waals surface area contributed by atoms with Crippen molar-refractivity contribution in [2.45, 2.75) is 20.3 Å². The number of nitrogens with one attached hydrogen (secondary N) is 1. The molecule has 1 aromatic carbocycles. The summed E-state index contributed by atoms with van der Waals surface area (Å²) in [6.07, 6.45) is 0.847. The molecule has 0 saturated carbocycles. The SMILES string of the molecule is CCCOc1nc(NCC)nc(-c2ccc(F)c(Cl)c2)n1. The molecule has 112 valence electrons. The van der Waals surface area contributed by atoms with Gasteiger partial charge in [-0.3, -0.25) is 0 Å². The molecule has 2 rings (SSSR count). The number of hydrogen-bond donors (Lipinski definition) is 1. The summed E-state index contributed by atoms with van der Waals surface area (Å²) >= 11 is 5.80. The van der Waals surface area contributed by atoms with E-state index in [0.717, 1.165) is 6.42 Å². The third-order valence-electron chi connectivity index (χ3n) is 2.56. The Balaban J connectivity index is 2.40. The minimum atomic E-state index is -0.483. The molecule has 1 heterocycles. The van der Waals surface area contributed by atoms with Crippen LogP contribution in [0.3, 0.4) is 0 Å². The Kier molecular flexibility index (Phi) is 5.27. The normalized spacial score (nSPS) is 10.5. The molecule has 0 amide bonds. The predicted molar refractivity (Wildman–Crippen MR) is 80.2 cm³/mol. The number of ether oxygens (including phenoxy) is 1. The highest BCUT2D eigenvalue weighted by molar-refractivity contribution is 6.31. The first-order valence-electron chi connectivity index (χ1n) is 6.72. The van der Waals surface area contributed by atoms with Gasteiger partial charge in [0, 0.05) is 12.1 Å². The molecule has 1 N–H and O–H groups in total. The summed E-state index contributed by atoms with van der Waals surface area (Å²) in [4.78, 5) is 12.7. The van der Waals surface area contributed by atoms with Crippen molar-refractivity contribution < 1.29 is 9.13 Å². The van der Waals surface area contributed by atoms with Crippen LogP contribution in [0.5, 0.6) is 6.01 Å². The summed E-state index contributed by atoms with van der Waals surface area (Å²) < 4.78 is 18.7. The van der Waals surface area contributed by atoms with Gasteiger partial charge in [-0.25, -0.2) is 4.39 Å². The first-order chi connectivity index (χ1) is 10.1. The molecule has 1 aromatic heterocycles. The van der Waals surface area contributed by atoms with E-state index in [1.54, 1.807) is 6.07 Å². The summed E-state index contributed by atoms with van der Waals surface area (Å²) in [7, 11) is 0. The standard InChI is InChI=1S/C14H16ClFN4O/c1-3-7-21-14-19-12(18-13(20-14)17-4-2)9-5-6-11(16)10(15)8-9/h5-6,8H,3-4,7H2,1-2H3,(H,17,18,19,20). The zero-order chi connectivity index (χ0) is 15.2. The molecule has 0 aliphatic heterocycles. The van der Waals surface area contributed by atoms with Crippen LogP contribution in [0.25, 0.3) is 11.4 Å². The molecule has 0 spiro atoms. The van der Waals surface area contributed by atoms with Crippen molar-refractivity contribution in [1.29, 1.82) is 0 Å². The van der Waals surface area contributed by atoms with E-state index in [9.17, 15) is 4.39 Å². The third-order valence-corrected chi connectivity index (χ3v) is 2.85. The van der Waals surface area contributed by atoms with Gasteiger partial charge in [-0.05, 0) is 31.5 Å². The van der Waals surface area contributed by atoms with E-state index >= 15 is 0 Å². The maximum atomic E-state index is 13.2. The van der Waals surface area contributed by atoms with E-state index in [1.165, 1.54) is 12.1 Å². The Labute approximate surface area is 127 Å². The number of halogens is 2. The van der Waals surface area contributed by atoms with E-state index in [4.69, 9.17) is 16.3 Å². The summed E-state index contributed by atoms with van der Waals surface area (Å²) in [5, 5.41) is 3.03. The summed E-state index contributed by atoms with van der Waals surface area (Å²) in [6, 6.07) is 4.56. The van der Waals surface area contributed by atoms with Gasteiger partial charge < -0.3 is 10.1 Å². The molecule has 0 aliphatic rings. The van der Waals surface area contributed by atoms with Crippen LogP contribution in [-0.2, 0) is 0 Å². The fourth-order valence-corrected chi connectivity index (χ4v) is 1.80. The Morgan fingerprint density at radius 1 is 1.24 bits per heavy atom. The van der Waals surface area contributed by atoms with Crippen molar-refractivity contribution >= 4 is 17.5 Å². The van der Waals surface area contributed by atoms with Gasteiger partial charge in [0.25, 0.3) is 0 Å². The summed E-state index contributed by atoms with van der Waals surface area (Å²) in [5.41, 5.74) is 0.601. The third kappa shape index (κ3) is 4.01. The van der Waals surface area contributed by atoms with Crippen LogP contribution in [0.1, 0.15) is 20.3 Å². The molecule has 5 nitrogen and oxygen atoms in total. The van der Waals surface area contributed by atoms with Crippen LogP contribution in [0, 0.1) is 5.82 Å². The molecule has 21 heavy (non-hydrogen) atoms. The van der Waals surface area contributed by atoms with E-state index in [-0.39, 0.29) is 11.0 Å². The first-order valence-corrected chi connectivity index (χ1v) is 7.10. The van der Waals surface area contributed by atoms with Crippen molar-refractivity contribution in [3.63, 3.8) is 0 Å². The number of anilines is 1. The second-order valence-electron chi connectivity index (χ2n) is 4.27. The molecular formula is C14H16ClFN4O. The molecule has 7 heteroatoms. The van der Waals surface area contributed by atoms with Gasteiger partial charge in [0.05, 0.1) is 11.6 Å². The van der Waals surface area contributed by atoms with E-state index in [2.05, 4.69) is 20.3 Å². The lowest BCUT2D eigenvalue weighted by atomic mass is 10.2. The lowest BCUT2D eigenvalue weighted by molar-refractivity contribution is 0.292. The van der Waals surface area contributed by atoms with Crippen LogP contribution < -0.4 is 10.1 Å². The van der Waals surface area contributed by atoms with Crippen LogP contribution in [-0.4, -0.2) is 28.1 Å². The van der Waals surface area contributed by atoms with Crippen molar-refractivity contribution in [3.05, 3.63) is 29.0 Å². The second-order valence-corrected chi connectivity index (χ2v) is 4.68. The summed E-state index contributed by atoms with van der Waals surface area (Å²) in [6.45, 7) is 5.11. The molecular weight excluding hydrogens is 295 g/mol. The second kappa shape index (κ2) is 7.17. The topological polar surface area (TPSA) is 59.9 Å². The Morgan fingerprint density at radius 2 is 2.05 bits per heavy atom. The minimum Gasteiger partial charge on any atom is -0.463 e. The van der Waals surface area contributed by atoms with Gasteiger partial charge in [-0.2, -0.15) is 15.0 Å². The number of nitrogens with zero attached hydrogens (tertiary/aromatic N) is 3. The van der Waals surface area contributed by atoms with Crippen molar-refractivity contribution in [2.24, 2.45) is 0 Å². The Bertz CT molecular complexity index is 624. The highest BCUT2D eigenvalue weighted by Gasteiger charge is 2.11. The molecule has 0 saturated heterocycles. The number of benzene rings is 1. The predicted octanol–water partition coefficient (Wildman–Crippen LogP) is 3.55. The van der Waals surface area contributed by atoms with Crippen molar-refractivity contribution in [2.75, 3.05) is 18.5 Å². The van der Waals surface area contributed by atoms with Gasteiger partial charge >= 0.3 is 6.01 Å². The highest BCUT2D eigenvalue weighted by atomic mass is 35.5. The van der Waals surface area contributed by atoms with E-state index < -0.39 is 5.82 Å². The monoisotopic (exact) mass is 310 g/mol. The van der Waals surface area contributed by atoms with Gasteiger partial charge in [-0.15, -0.1) is 0 Å². The highest BCUT2D eigenvalue weighted by Crippen LogP contribution is 2.24. The summed E-state index contributed by atoms with van der Waals surface area (Å²) in [5.74, 6) is 0.312. The van der Waals surface area contributed by atoms with Crippen LogP contribution in [0.4, 0.5) is 10.3 Å². The average molecular weight is 311 g/mol. The maximum absolute atomic E-state index is 13.2. The zero-order valence-electron chi connectivity index (χ0n) is 11.9. The molecule has 0 atom stereocenters. The number of rotatable bonds is 6. The fraction of sp³-hybridized carbons (Fsp3) is 0.357. The van der Waals surface area contributed by atoms with Gasteiger partial charge in [0.15, 0.2) is 5.82 Å². The lowest BCUT2D eigenvalue weighted by Crippen LogP contribution is -2.08. The molecule has 0 aliphatic carbocycles. The van der Waals surface area contributed by atoms with Gasteiger partial charge in [0.1, 0.15) is 5.82 Å². The minimum absolute atomic E-state index is 0.0222. The van der Waals surface area contributed by atoms with E-state index in [0.29, 0.717) is 30.5 Å². The van der Waals surface area contributed by atoms with Crippen molar-refractivity contribution in [3.8, 4) is 17.4 Å². The van der Waals surface area contributed by atoms with Gasteiger partial charge in [-0.1, -0.05) is 18.5 Å². The van der Waals surface area contributed by atoms with E-state index in [1.807, 2.05) is 13.8 Å². The number of aromatic nitrogens is 3. The molecule has 0 radical (unpaired) electrons. The fourth-order valence-electron chi connectivity index (χ4n) is 1.62. The Hall–Kier alpha value is -1.95.